The lowest BCUT2D eigenvalue weighted by Crippen LogP contribution is -2.39. The Hall–Kier alpha value is -0.420. The number of hydrogen-bond acceptors (Lipinski definition) is 3. The molecule has 1 unspecified atom stereocenters. The molecule has 1 aromatic rings. The van der Waals surface area contributed by atoms with Crippen molar-refractivity contribution >= 4 is 15.9 Å². The first-order chi connectivity index (χ1) is 6.88. The van der Waals surface area contributed by atoms with E-state index >= 15 is 0 Å². The zero-order valence-corrected chi connectivity index (χ0v) is 10.9. The molecule has 1 saturated carbocycles. The summed E-state index contributed by atoms with van der Waals surface area (Å²) in [6.45, 7) is 4.19. The number of rotatable bonds is 1. The van der Waals surface area contributed by atoms with Crippen LogP contribution in [0.2, 0.25) is 0 Å². The third kappa shape index (κ3) is 1.44. The molecular formula is C10H16BrN3O. The van der Waals surface area contributed by atoms with Gasteiger partial charge in [0.25, 0.3) is 0 Å². The number of hydrogen-bond donors (Lipinski definition) is 1. The largest absolute Gasteiger partial charge is 0.383 e. The van der Waals surface area contributed by atoms with Gasteiger partial charge in [0.15, 0.2) is 4.60 Å². The van der Waals surface area contributed by atoms with Crippen LogP contribution in [0.25, 0.3) is 0 Å². The molecule has 0 amide bonds. The lowest BCUT2D eigenvalue weighted by molar-refractivity contribution is -0.0556. The van der Waals surface area contributed by atoms with Crippen LogP contribution < -0.4 is 0 Å². The van der Waals surface area contributed by atoms with Gasteiger partial charge < -0.3 is 5.11 Å². The molecule has 0 bridgehead atoms. The molecule has 1 fully saturated rings. The minimum Gasteiger partial charge on any atom is -0.383 e. The maximum atomic E-state index is 10.8. The van der Waals surface area contributed by atoms with Gasteiger partial charge in [-0.3, -0.25) is 0 Å². The van der Waals surface area contributed by atoms with Crippen LogP contribution in [0.5, 0.6) is 0 Å². The van der Waals surface area contributed by atoms with E-state index in [1.165, 1.54) is 0 Å². The maximum Gasteiger partial charge on any atom is 0.154 e. The van der Waals surface area contributed by atoms with E-state index < -0.39 is 5.60 Å². The first kappa shape index (κ1) is 11.1. The van der Waals surface area contributed by atoms with Gasteiger partial charge in [0.05, 0.1) is 0 Å². The topological polar surface area (TPSA) is 50.9 Å². The Morgan fingerprint density at radius 1 is 1.40 bits per heavy atom. The molecule has 0 saturated heterocycles. The van der Waals surface area contributed by atoms with Gasteiger partial charge in [-0.25, -0.2) is 4.68 Å². The van der Waals surface area contributed by atoms with Crippen LogP contribution in [0, 0.1) is 5.41 Å². The zero-order valence-electron chi connectivity index (χ0n) is 9.29. The van der Waals surface area contributed by atoms with Crippen LogP contribution in [0.4, 0.5) is 0 Å². The van der Waals surface area contributed by atoms with Gasteiger partial charge in [0.2, 0.25) is 0 Å². The Labute approximate surface area is 97.8 Å². The van der Waals surface area contributed by atoms with Crippen molar-refractivity contribution < 1.29 is 5.11 Å². The van der Waals surface area contributed by atoms with Gasteiger partial charge in [-0.15, -0.1) is 5.10 Å². The predicted octanol–water partition coefficient (Wildman–Crippen LogP) is 1.98. The quantitative estimate of drug-likeness (QED) is 0.851. The van der Waals surface area contributed by atoms with E-state index in [0.717, 1.165) is 25.0 Å². The van der Waals surface area contributed by atoms with Gasteiger partial charge in [-0.2, -0.15) is 0 Å². The highest BCUT2D eigenvalue weighted by Gasteiger charge is 2.51. The summed E-state index contributed by atoms with van der Waals surface area (Å²) in [5.74, 6) is 0. The summed E-state index contributed by atoms with van der Waals surface area (Å²) < 4.78 is 2.32. The summed E-state index contributed by atoms with van der Waals surface area (Å²) in [6, 6.07) is 0. The highest BCUT2D eigenvalue weighted by molar-refractivity contribution is 9.10. The molecule has 1 heterocycles. The molecule has 0 spiro atoms. The zero-order chi connectivity index (χ0) is 11.3. The summed E-state index contributed by atoms with van der Waals surface area (Å²) in [4.78, 5) is 0. The number of nitrogens with zero attached hydrogens (tertiary/aromatic N) is 3. The van der Waals surface area contributed by atoms with E-state index in [0.29, 0.717) is 4.60 Å². The van der Waals surface area contributed by atoms with Crippen LogP contribution in [0.1, 0.15) is 38.8 Å². The van der Waals surface area contributed by atoms with Crippen molar-refractivity contribution in [1.29, 1.82) is 0 Å². The van der Waals surface area contributed by atoms with Gasteiger partial charge >= 0.3 is 0 Å². The van der Waals surface area contributed by atoms with Crippen LogP contribution in [0.15, 0.2) is 4.60 Å². The summed E-state index contributed by atoms with van der Waals surface area (Å²) in [7, 11) is 1.82. The highest BCUT2D eigenvalue weighted by Crippen LogP contribution is 2.53. The molecular weight excluding hydrogens is 258 g/mol. The van der Waals surface area contributed by atoms with E-state index in [2.05, 4.69) is 40.1 Å². The smallest absolute Gasteiger partial charge is 0.154 e. The van der Waals surface area contributed by atoms with Crippen molar-refractivity contribution in [2.45, 2.75) is 38.7 Å². The minimum atomic E-state index is -0.815. The van der Waals surface area contributed by atoms with Crippen molar-refractivity contribution in [2.75, 3.05) is 0 Å². The SMILES string of the molecule is Cn1nnc(Br)c1C1(O)CCCC1(C)C. The molecule has 5 heteroatoms. The van der Waals surface area contributed by atoms with Gasteiger partial charge in [-0.1, -0.05) is 19.1 Å². The van der Waals surface area contributed by atoms with E-state index in [4.69, 9.17) is 0 Å². The number of aromatic nitrogens is 3. The monoisotopic (exact) mass is 273 g/mol. The second kappa shape index (κ2) is 3.28. The number of aliphatic hydroxyl groups is 1. The highest BCUT2D eigenvalue weighted by atomic mass is 79.9. The van der Waals surface area contributed by atoms with Crippen LogP contribution in [-0.4, -0.2) is 20.1 Å². The van der Waals surface area contributed by atoms with Crippen molar-refractivity contribution in [3.63, 3.8) is 0 Å². The second-order valence-electron chi connectivity index (χ2n) is 4.95. The molecule has 0 radical (unpaired) electrons. The summed E-state index contributed by atoms with van der Waals surface area (Å²) in [5.41, 5.74) is -0.139. The second-order valence-corrected chi connectivity index (χ2v) is 5.70. The van der Waals surface area contributed by atoms with E-state index in [9.17, 15) is 5.11 Å². The van der Waals surface area contributed by atoms with Gasteiger partial charge in [0.1, 0.15) is 11.3 Å². The molecule has 2 rings (SSSR count). The van der Waals surface area contributed by atoms with E-state index in [-0.39, 0.29) is 5.41 Å². The molecule has 84 valence electrons. The summed E-state index contributed by atoms with van der Waals surface area (Å²) in [6.07, 6.45) is 2.85. The normalized spacial score (nSPS) is 29.7. The molecule has 15 heavy (non-hydrogen) atoms. The van der Waals surface area contributed by atoms with Crippen molar-refractivity contribution in [3.05, 3.63) is 10.3 Å². The molecule has 1 aliphatic carbocycles. The lowest BCUT2D eigenvalue weighted by Gasteiger charge is -2.36. The van der Waals surface area contributed by atoms with Crippen molar-refractivity contribution in [3.8, 4) is 0 Å². The third-order valence-electron chi connectivity index (χ3n) is 3.64. The third-order valence-corrected chi connectivity index (χ3v) is 4.17. The lowest BCUT2D eigenvalue weighted by atomic mass is 9.76. The molecule has 4 nitrogen and oxygen atoms in total. The molecule has 1 aliphatic rings. The molecule has 1 N–H and O–H groups in total. The predicted molar refractivity (Wildman–Crippen MR) is 60.2 cm³/mol. The minimum absolute atomic E-state index is 0.120. The van der Waals surface area contributed by atoms with Crippen LogP contribution in [0.3, 0.4) is 0 Å². The van der Waals surface area contributed by atoms with E-state index in [1.54, 1.807) is 4.68 Å². The fraction of sp³-hybridized carbons (Fsp3) is 0.800. The fourth-order valence-corrected chi connectivity index (χ4v) is 3.20. The Morgan fingerprint density at radius 3 is 2.47 bits per heavy atom. The van der Waals surface area contributed by atoms with Crippen LogP contribution >= 0.6 is 15.9 Å². The number of aryl methyl sites for hydroxylation is 1. The van der Waals surface area contributed by atoms with Gasteiger partial charge in [-0.05, 0) is 40.6 Å². The molecule has 1 aromatic heterocycles. The number of halogens is 1. The average molecular weight is 274 g/mol. The summed E-state index contributed by atoms with van der Waals surface area (Å²) in [5, 5.41) is 18.7. The van der Waals surface area contributed by atoms with Gasteiger partial charge in [0, 0.05) is 7.05 Å². The Balaban J connectivity index is 2.55. The summed E-state index contributed by atoms with van der Waals surface area (Å²) >= 11 is 3.36. The first-order valence-electron chi connectivity index (χ1n) is 5.16. The molecule has 0 aliphatic heterocycles. The molecule has 0 aromatic carbocycles. The van der Waals surface area contributed by atoms with Crippen LogP contribution in [-0.2, 0) is 12.6 Å². The first-order valence-corrected chi connectivity index (χ1v) is 5.96. The Morgan fingerprint density at radius 2 is 2.07 bits per heavy atom. The Kier molecular flexibility index (Phi) is 2.43. The van der Waals surface area contributed by atoms with E-state index in [1.807, 2.05) is 7.05 Å². The molecule has 1 atom stereocenters. The van der Waals surface area contributed by atoms with Crippen molar-refractivity contribution in [2.24, 2.45) is 12.5 Å². The average Bonchev–Trinajstić information content (AvgIpc) is 2.56. The van der Waals surface area contributed by atoms with Crippen molar-refractivity contribution in [1.82, 2.24) is 15.0 Å². The Bertz CT molecular complexity index is 369. The maximum absolute atomic E-state index is 10.8. The standard InChI is InChI=1S/C10H16BrN3O/c1-9(2)5-4-6-10(9,15)7-8(11)12-13-14(7)3/h15H,4-6H2,1-3H3. The fourth-order valence-electron chi connectivity index (χ4n) is 2.54.